The van der Waals surface area contributed by atoms with E-state index < -0.39 is 12.2 Å². The molecule has 0 aliphatic rings. The number of aromatic nitrogens is 3. The van der Waals surface area contributed by atoms with Gasteiger partial charge in [-0.15, -0.1) is 5.10 Å². The van der Waals surface area contributed by atoms with Crippen molar-refractivity contribution in [3.63, 3.8) is 0 Å². The summed E-state index contributed by atoms with van der Waals surface area (Å²) in [6, 6.07) is 3.57. The van der Waals surface area contributed by atoms with Gasteiger partial charge in [0.05, 0.1) is 10.7 Å². The number of aryl methyl sites for hydroxylation is 2. The van der Waals surface area contributed by atoms with Crippen molar-refractivity contribution in [2.45, 2.75) is 20.3 Å². The molecule has 1 aromatic carbocycles. The molecule has 3 nitrogen and oxygen atoms in total. The maximum absolute atomic E-state index is 12.4. The Hall–Kier alpha value is -1.49. The molecular formula is C11H10ClF2N3. The lowest BCUT2D eigenvalue weighted by Crippen LogP contribution is -1.99. The summed E-state index contributed by atoms with van der Waals surface area (Å²) in [6.07, 6.45) is -1.45. The maximum atomic E-state index is 12.4. The van der Waals surface area contributed by atoms with Gasteiger partial charge in [-0.05, 0) is 37.1 Å². The molecule has 2 aromatic rings. The molecule has 1 aromatic heterocycles. The van der Waals surface area contributed by atoms with E-state index in [-0.39, 0.29) is 0 Å². The van der Waals surface area contributed by atoms with Gasteiger partial charge in [-0.25, -0.2) is 18.4 Å². The van der Waals surface area contributed by atoms with Gasteiger partial charge in [0.2, 0.25) is 5.82 Å². The smallest absolute Gasteiger partial charge is 0.219 e. The summed E-state index contributed by atoms with van der Waals surface area (Å²) >= 11 is 6.05. The Bertz CT molecular complexity index is 552. The number of benzene rings is 1. The Morgan fingerprint density at radius 1 is 1.24 bits per heavy atom. The molecule has 0 spiro atoms. The predicted octanol–water partition coefficient (Wildman–Crippen LogP) is 3.48. The van der Waals surface area contributed by atoms with Gasteiger partial charge in [-0.3, -0.25) is 0 Å². The van der Waals surface area contributed by atoms with Crippen LogP contribution in [0, 0.1) is 13.8 Å². The monoisotopic (exact) mass is 257 g/mol. The summed E-state index contributed by atoms with van der Waals surface area (Å²) in [5.41, 5.74) is 2.60. The minimum atomic E-state index is -2.68. The molecule has 6 heteroatoms. The first kappa shape index (κ1) is 12.0. The van der Waals surface area contributed by atoms with Crippen LogP contribution in [0.5, 0.6) is 0 Å². The van der Waals surface area contributed by atoms with Crippen molar-refractivity contribution in [3.05, 3.63) is 40.4 Å². The summed E-state index contributed by atoms with van der Waals surface area (Å²) < 4.78 is 26.0. The third kappa shape index (κ3) is 2.29. The van der Waals surface area contributed by atoms with E-state index >= 15 is 0 Å². The molecule has 1 heterocycles. The van der Waals surface area contributed by atoms with E-state index in [0.29, 0.717) is 10.7 Å². The SMILES string of the molecule is Cc1cc(Cl)c(-n2cnc(C(F)F)n2)cc1C. The van der Waals surface area contributed by atoms with Crippen LogP contribution in [-0.2, 0) is 0 Å². The zero-order valence-corrected chi connectivity index (χ0v) is 10.0. The van der Waals surface area contributed by atoms with E-state index in [1.165, 1.54) is 11.0 Å². The highest BCUT2D eigenvalue weighted by Crippen LogP contribution is 2.24. The second-order valence-corrected chi connectivity index (χ2v) is 4.14. The van der Waals surface area contributed by atoms with Crippen LogP contribution >= 0.6 is 11.6 Å². The standard InChI is InChI=1S/C11H10ClF2N3/c1-6-3-8(12)9(4-7(6)2)17-5-15-11(16-17)10(13)14/h3-5,10H,1-2H3. The van der Waals surface area contributed by atoms with Crippen LogP contribution in [-0.4, -0.2) is 14.8 Å². The van der Waals surface area contributed by atoms with Crippen LogP contribution in [0.25, 0.3) is 5.69 Å². The highest BCUT2D eigenvalue weighted by atomic mass is 35.5. The van der Waals surface area contributed by atoms with Crippen molar-refractivity contribution in [2.24, 2.45) is 0 Å². The van der Waals surface area contributed by atoms with Crippen molar-refractivity contribution in [2.75, 3.05) is 0 Å². The second-order valence-electron chi connectivity index (χ2n) is 3.74. The molecule has 0 atom stereocenters. The van der Waals surface area contributed by atoms with Gasteiger partial charge in [0.25, 0.3) is 6.43 Å². The normalized spacial score (nSPS) is 11.2. The molecule has 0 radical (unpaired) electrons. The van der Waals surface area contributed by atoms with Gasteiger partial charge < -0.3 is 0 Å². The molecule has 0 unspecified atom stereocenters. The highest BCUT2D eigenvalue weighted by molar-refractivity contribution is 6.32. The van der Waals surface area contributed by atoms with Crippen LogP contribution in [0.3, 0.4) is 0 Å². The fourth-order valence-corrected chi connectivity index (χ4v) is 1.74. The van der Waals surface area contributed by atoms with Crippen molar-refractivity contribution >= 4 is 11.6 Å². The molecule has 0 N–H and O–H groups in total. The molecule has 0 fully saturated rings. The molecule has 0 bridgehead atoms. The molecule has 90 valence electrons. The number of hydrogen-bond donors (Lipinski definition) is 0. The fraction of sp³-hybridized carbons (Fsp3) is 0.273. The summed E-state index contributed by atoms with van der Waals surface area (Å²) in [6.45, 7) is 3.84. The van der Waals surface area contributed by atoms with E-state index in [0.717, 1.165) is 11.1 Å². The van der Waals surface area contributed by atoms with E-state index in [1.807, 2.05) is 13.8 Å². The summed E-state index contributed by atoms with van der Waals surface area (Å²) in [7, 11) is 0. The number of rotatable bonds is 2. The van der Waals surface area contributed by atoms with E-state index in [1.54, 1.807) is 12.1 Å². The average Bonchev–Trinajstić information content (AvgIpc) is 2.72. The topological polar surface area (TPSA) is 30.7 Å². The maximum Gasteiger partial charge on any atom is 0.299 e. The fourth-order valence-electron chi connectivity index (χ4n) is 1.43. The Morgan fingerprint density at radius 2 is 1.88 bits per heavy atom. The van der Waals surface area contributed by atoms with E-state index in [2.05, 4.69) is 10.1 Å². The lowest BCUT2D eigenvalue weighted by molar-refractivity contribution is 0.140. The lowest BCUT2D eigenvalue weighted by Gasteiger charge is -2.07. The van der Waals surface area contributed by atoms with E-state index in [9.17, 15) is 8.78 Å². The lowest BCUT2D eigenvalue weighted by atomic mass is 10.1. The van der Waals surface area contributed by atoms with Gasteiger partial charge in [0.15, 0.2) is 0 Å². The van der Waals surface area contributed by atoms with Gasteiger partial charge in [-0.1, -0.05) is 11.6 Å². The first-order valence-corrected chi connectivity index (χ1v) is 5.33. The Kier molecular flexibility index (Phi) is 3.11. The van der Waals surface area contributed by atoms with Crippen LogP contribution in [0.15, 0.2) is 18.5 Å². The number of halogens is 3. The quantitative estimate of drug-likeness (QED) is 0.825. The minimum Gasteiger partial charge on any atom is -0.219 e. The number of nitrogens with zero attached hydrogens (tertiary/aromatic N) is 3. The Balaban J connectivity index is 2.49. The largest absolute Gasteiger partial charge is 0.299 e. The Labute approximate surface area is 102 Å². The first-order valence-electron chi connectivity index (χ1n) is 4.96. The molecular weight excluding hydrogens is 248 g/mol. The molecule has 0 saturated heterocycles. The highest BCUT2D eigenvalue weighted by Gasteiger charge is 2.14. The average molecular weight is 258 g/mol. The molecule has 0 aliphatic heterocycles. The third-order valence-corrected chi connectivity index (χ3v) is 2.82. The zero-order valence-electron chi connectivity index (χ0n) is 9.28. The second kappa shape index (κ2) is 4.41. The summed E-state index contributed by atoms with van der Waals surface area (Å²) in [4.78, 5) is 3.53. The molecule has 0 aliphatic carbocycles. The van der Waals surface area contributed by atoms with Crippen LogP contribution in [0.4, 0.5) is 8.78 Å². The van der Waals surface area contributed by atoms with Crippen molar-refractivity contribution in [1.82, 2.24) is 14.8 Å². The predicted molar refractivity (Wildman–Crippen MR) is 60.8 cm³/mol. The summed E-state index contributed by atoms with van der Waals surface area (Å²) in [5, 5.41) is 4.14. The minimum absolute atomic E-state index is 0.457. The van der Waals surface area contributed by atoms with Crippen molar-refractivity contribution in [3.8, 4) is 5.69 Å². The molecule has 0 saturated carbocycles. The van der Waals surface area contributed by atoms with Gasteiger partial charge in [-0.2, -0.15) is 0 Å². The number of alkyl halides is 2. The van der Waals surface area contributed by atoms with Gasteiger partial charge >= 0.3 is 0 Å². The third-order valence-electron chi connectivity index (χ3n) is 2.51. The summed E-state index contributed by atoms with van der Waals surface area (Å²) in [5.74, 6) is -0.501. The van der Waals surface area contributed by atoms with Crippen molar-refractivity contribution < 1.29 is 8.78 Å². The Morgan fingerprint density at radius 3 is 2.47 bits per heavy atom. The van der Waals surface area contributed by atoms with E-state index in [4.69, 9.17) is 11.6 Å². The van der Waals surface area contributed by atoms with Gasteiger partial charge in [0.1, 0.15) is 6.33 Å². The number of hydrogen-bond acceptors (Lipinski definition) is 2. The zero-order chi connectivity index (χ0) is 12.6. The van der Waals surface area contributed by atoms with Crippen LogP contribution in [0.2, 0.25) is 5.02 Å². The van der Waals surface area contributed by atoms with Crippen molar-refractivity contribution in [1.29, 1.82) is 0 Å². The van der Waals surface area contributed by atoms with Crippen LogP contribution in [0.1, 0.15) is 23.4 Å². The molecule has 17 heavy (non-hydrogen) atoms. The van der Waals surface area contributed by atoms with Crippen LogP contribution < -0.4 is 0 Å². The van der Waals surface area contributed by atoms with Gasteiger partial charge in [0, 0.05) is 0 Å². The first-order chi connectivity index (χ1) is 7.99. The molecule has 2 rings (SSSR count). The molecule has 0 amide bonds.